The van der Waals surface area contributed by atoms with Crippen LogP contribution in [0.4, 0.5) is 0 Å². The second-order valence-electron chi connectivity index (χ2n) is 6.33. The van der Waals surface area contributed by atoms with Gasteiger partial charge in [-0.25, -0.2) is 4.98 Å². The minimum absolute atomic E-state index is 0.000797. The van der Waals surface area contributed by atoms with Gasteiger partial charge in [0, 0.05) is 17.8 Å². The van der Waals surface area contributed by atoms with Crippen LogP contribution in [0.1, 0.15) is 50.0 Å². The second kappa shape index (κ2) is 6.58. The number of hydrogen-bond donors (Lipinski definition) is 1. The van der Waals surface area contributed by atoms with Gasteiger partial charge in [-0.05, 0) is 30.0 Å². The van der Waals surface area contributed by atoms with Gasteiger partial charge >= 0.3 is 0 Å². The van der Waals surface area contributed by atoms with E-state index in [4.69, 9.17) is 10.5 Å². The van der Waals surface area contributed by atoms with Gasteiger partial charge < -0.3 is 10.5 Å². The largest absolute Gasteiger partial charge is 0.493 e. The zero-order chi connectivity index (χ0) is 15.5. The first kappa shape index (κ1) is 16.0. The van der Waals surface area contributed by atoms with Crippen molar-refractivity contribution in [1.29, 1.82) is 0 Å². The van der Waals surface area contributed by atoms with Crippen LogP contribution < -0.4 is 10.5 Å². The van der Waals surface area contributed by atoms with Crippen molar-refractivity contribution in [2.75, 3.05) is 6.61 Å². The predicted molar refractivity (Wildman–Crippen MR) is 89.1 cm³/mol. The lowest BCUT2D eigenvalue weighted by atomic mass is 9.87. The van der Waals surface area contributed by atoms with E-state index in [1.165, 1.54) is 5.56 Å². The number of ether oxygens (including phenoxy) is 1. The number of nitrogens with two attached hydrogens (primary N) is 1. The molecule has 0 aliphatic heterocycles. The topological polar surface area (TPSA) is 48.1 Å². The summed E-state index contributed by atoms with van der Waals surface area (Å²) in [6, 6.07) is 8.34. The molecule has 0 saturated carbocycles. The molecule has 0 saturated heterocycles. The second-order valence-corrected chi connectivity index (χ2v) is 7.27. The average Bonchev–Trinajstić information content (AvgIpc) is 2.87. The molecular weight excluding hydrogens is 280 g/mol. The lowest BCUT2D eigenvalue weighted by Gasteiger charge is -2.19. The van der Waals surface area contributed by atoms with Gasteiger partial charge in [-0.3, -0.25) is 0 Å². The highest BCUT2D eigenvalue weighted by molar-refractivity contribution is 7.09. The maximum atomic E-state index is 5.81. The molecule has 1 aromatic carbocycles. The van der Waals surface area contributed by atoms with Crippen LogP contribution in [-0.2, 0) is 11.8 Å². The van der Waals surface area contributed by atoms with Crippen LogP contribution in [-0.4, -0.2) is 11.6 Å². The minimum atomic E-state index is 0.000797. The van der Waals surface area contributed by atoms with E-state index in [1.54, 1.807) is 11.3 Å². The highest BCUT2D eigenvalue weighted by Crippen LogP contribution is 2.24. The van der Waals surface area contributed by atoms with Gasteiger partial charge in [0.1, 0.15) is 5.75 Å². The lowest BCUT2D eigenvalue weighted by molar-refractivity contribution is 0.321. The van der Waals surface area contributed by atoms with Crippen molar-refractivity contribution in [3.05, 3.63) is 45.9 Å². The summed E-state index contributed by atoms with van der Waals surface area (Å²) in [7, 11) is 0. The van der Waals surface area contributed by atoms with E-state index in [2.05, 4.69) is 37.9 Å². The molecule has 1 heterocycles. The van der Waals surface area contributed by atoms with Crippen molar-refractivity contribution in [1.82, 2.24) is 4.98 Å². The van der Waals surface area contributed by atoms with Crippen molar-refractivity contribution < 1.29 is 4.74 Å². The monoisotopic (exact) mass is 304 g/mol. The van der Waals surface area contributed by atoms with Gasteiger partial charge in [0.2, 0.25) is 0 Å². The third-order valence-corrected chi connectivity index (χ3v) is 4.27. The van der Waals surface area contributed by atoms with Gasteiger partial charge in [-0.2, -0.15) is 0 Å². The molecule has 0 aliphatic carbocycles. The molecular formula is C17H24N2OS. The van der Waals surface area contributed by atoms with Gasteiger partial charge in [0.15, 0.2) is 0 Å². The Kier molecular flexibility index (Phi) is 5.01. The Balaban J connectivity index is 1.85. The first-order valence-electron chi connectivity index (χ1n) is 7.29. The van der Waals surface area contributed by atoms with E-state index in [1.807, 2.05) is 24.4 Å². The lowest BCUT2D eigenvalue weighted by Crippen LogP contribution is -2.10. The molecule has 0 aliphatic rings. The quantitative estimate of drug-likeness (QED) is 0.905. The molecule has 2 aromatic rings. The zero-order valence-electron chi connectivity index (χ0n) is 13.2. The fraction of sp³-hybridized carbons (Fsp3) is 0.471. The fourth-order valence-electron chi connectivity index (χ4n) is 1.96. The predicted octanol–water partition coefficient (Wildman–Crippen LogP) is 4.08. The van der Waals surface area contributed by atoms with Crippen LogP contribution in [0.2, 0.25) is 0 Å². The zero-order valence-corrected chi connectivity index (χ0v) is 14.0. The maximum Gasteiger partial charge on any atom is 0.119 e. The Labute approximate surface area is 131 Å². The van der Waals surface area contributed by atoms with E-state index in [-0.39, 0.29) is 11.5 Å². The van der Waals surface area contributed by atoms with Crippen molar-refractivity contribution in [3.63, 3.8) is 0 Å². The van der Waals surface area contributed by atoms with Gasteiger partial charge in [-0.1, -0.05) is 32.9 Å². The molecule has 21 heavy (non-hydrogen) atoms. The molecule has 3 nitrogen and oxygen atoms in total. The Morgan fingerprint density at radius 3 is 2.43 bits per heavy atom. The molecule has 1 unspecified atom stereocenters. The first-order valence-corrected chi connectivity index (χ1v) is 8.17. The Morgan fingerprint density at radius 2 is 1.90 bits per heavy atom. The molecule has 1 atom stereocenters. The molecule has 4 heteroatoms. The summed E-state index contributed by atoms with van der Waals surface area (Å²) in [5, 5.41) is 3.10. The SMILES string of the molecule is CC(N)c1csc(CCOc2ccc(C(C)(C)C)cc2)n1. The average molecular weight is 304 g/mol. The van der Waals surface area contributed by atoms with Crippen molar-refractivity contribution in [2.45, 2.75) is 45.6 Å². The minimum Gasteiger partial charge on any atom is -0.493 e. The number of aromatic nitrogens is 1. The third-order valence-electron chi connectivity index (χ3n) is 3.34. The van der Waals surface area contributed by atoms with Crippen molar-refractivity contribution in [3.8, 4) is 5.75 Å². The van der Waals surface area contributed by atoms with E-state index < -0.39 is 0 Å². The Bertz CT molecular complexity index is 567. The fourth-order valence-corrected chi connectivity index (χ4v) is 2.84. The number of rotatable bonds is 5. The standard InChI is InChI=1S/C17H24N2OS/c1-12(18)15-11-21-16(19-15)9-10-20-14-7-5-13(6-8-14)17(2,3)4/h5-8,11-12H,9-10,18H2,1-4H3. The molecule has 0 fully saturated rings. The highest BCUT2D eigenvalue weighted by Gasteiger charge is 2.13. The van der Waals surface area contributed by atoms with E-state index in [9.17, 15) is 0 Å². The van der Waals surface area contributed by atoms with Crippen molar-refractivity contribution in [2.24, 2.45) is 5.73 Å². The third kappa shape index (κ3) is 4.55. The Morgan fingerprint density at radius 1 is 1.24 bits per heavy atom. The van der Waals surface area contributed by atoms with Crippen LogP contribution in [0.3, 0.4) is 0 Å². The molecule has 1 aromatic heterocycles. The van der Waals surface area contributed by atoms with E-state index in [0.717, 1.165) is 22.9 Å². The number of thiazole rings is 1. The molecule has 0 radical (unpaired) electrons. The van der Waals surface area contributed by atoms with E-state index >= 15 is 0 Å². The van der Waals surface area contributed by atoms with Gasteiger partial charge in [-0.15, -0.1) is 11.3 Å². The van der Waals surface area contributed by atoms with Crippen LogP contribution in [0.5, 0.6) is 5.75 Å². The summed E-state index contributed by atoms with van der Waals surface area (Å²) in [6.45, 7) is 9.22. The molecule has 0 bridgehead atoms. The normalized spacial score (nSPS) is 13.2. The number of nitrogens with zero attached hydrogens (tertiary/aromatic N) is 1. The molecule has 2 N–H and O–H groups in total. The molecule has 114 valence electrons. The maximum absolute atomic E-state index is 5.81. The summed E-state index contributed by atoms with van der Waals surface area (Å²) in [4.78, 5) is 4.50. The molecule has 0 amide bonds. The summed E-state index contributed by atoms with van der Waals surface area (Å²) in [5.74, 6) is 0.909. The summed E-state index contributed by atoms with van der Waals surface area (Å²) in [6.07, 6.45) is 0.818. The smallest absolute Gasteiger partial charge is 0.119 e. The van der Waals surface area contributed by atoms with Gasteiger partial charge in [0.05, 0.1) is 17.3 Å². The number of benzene rings is 1. The van der Waals surface area contributed by atoms with Crippen LogP contribution in [0.15, 0.2) is 29.6 Å². The number of hydrogen-bond acceptors (Lipinski definition) is 4. The molecule has 2 rings (SSSR count). The van der Waals surface area contributed by atoms with E-state index in [0.29, 0.717) is 6.61 Å². The van der Waals surface area contributed by atoms with Crippen LogP contribution >= 0.6 is 11.3 Å². The summed E-state index contributed by atoms with van der Waals surface area (Å²) in [5.41, 5.74) is 8.26. The summed E-state index contributed by atoms with van der Waals surface area (Å²) < 4.78 is 5.78. The van der Waals surface area contributed by atoms with Crippen LogP contribution in [0.25, 0.3) is 0 Å². The Hall–Kier alpha value is -1.39. The highest BCUT2D eigenvalue weighted by atomic mass is 32.1. The van der Waals surface area contributed by atoms with Crippen molar-refractivity contribution >= 4 is 11.3 Å². The van der Waals surface area contributed by atoms with Gasteiger partial charge in [0.25, 0.3) is 0 Å². The summed E-state index contributed by atoms with van der Waals surface area (Å²) >= 11 is 1.65. The first-order chi connectivity index (χ1) is 9.86. The van der Waals surface area contributed by atoms with Crippen LogP contribution in [0, 0.1) is 0 Å². The molecule has 0 spiro atoms.